The fraction of sp³-hybridized carbons (Fsp3) is 0.636. The normalized spacial score (nSPS) is 13.7. The topological polar surface area (TPSA) is 72.2 Å². The van der Waals surface area contributed by atoms with Gasteiger partial charge in [0.2, 0.25) is 10.0 Å². The Morgan fingerprint density at radius 2 is 2.22 bits per heavy atom. The average molecular weight is 308 g/mol. The first-order chi connectivity index (χ1) is 8.49. The van der Waals surface area contributed by atoms with Crippen molar-refractivity contribution in [2.45, 2.75) is 17.6 Å². The molecule has 1 heterocycles. The lowest BCUT2D eigenvalue weighted by molar-refractivity contribution is 0.564. The molecular weight excluding hydrogens is 288 g/mol. The van der Waals surface area contributed by atoms with Crippen LogP contribution in [0.2, 0.25) is 0 Å². The van der Waals surface area contributed by atoms with Gasteiger partial charge in [-0.2, -0.15) is 11.8 Å². The summed E-state index contributed by atoms with van der Waals surface area (Å²) in [7, 11) is -3.35. The molecule has 0 fully saturated rings. The Balaban J connectivity index is 2.62. The van der Waals surface area contributed by atoms with E-state index in [1.165, 1.54) is 11.3 Å². The van der Waals surface area contributed by atoms with Gasteiger partial charge >= 0.3 is 0 Å². The Labute approximate surface area is 117 Å². The molecule has 0 aliphatic rings. The first-order valence-corrected chi connectivity index (χ1v) is 9.46. The van der Waals surface area contributed by atoms with Gasteiger partial charge in [-0.25, -0.2) is 13.1 Å². The van der Waals surface area contributed by atoms with E-state index in [1.807, 2.05) is 19.2 Å². The molecule has 0 bridgehead atoms. The Bertz CT molecular complexity index is 457. The van der Waals surface area contributed by atoms with Crippen molar-refractivity contribution in [3.63, 3.8) is 0 Å². The van der Waals surface area contributed by atoms with Gasteiger partial charge < -0.3 is 5.73 Å². The molecule has 3 N–H and O–H groups in total. The third-order valence-corrected chi connectivity index (χ3v) is 6.33. The predicted molar refractivity (Wildman–Crippen MR) is 79.8 cm³/mol. The maximum atomic E-state index is 12.0. The maximum Gasteiger partial charge on any atom is 0.250 e. The first kappa shape index (κ1) is 16.0. The van der Waals surface area contributed by atoms with Crippen LogP contribution in [0.4, 0.5) is 0 Å². The van der Waals surface area contributed by atoms with E-state index in [4.69, 9.17) is 5.73 Å². The molecule has 1 aromatic heterocycles. The second-order valence-corrected chi connectivity index (χ2v) is 8.24. The minimum Gasteiger partial charge on any atom is -0.330 e. The lowest BCUT2D eigenvalue weighted by Gasteiger charge is -2.10. The van der Waals surface area contributed by atoms with E-state index in [2.05, 4.69) is 4.72 Å². The predicted octanol–water partition coefficient (Wildman–Crippen LogP) is 1.53. The van der Waals surface area contributed by atoms with Crippen LogP contribution < -0.4 is 10.5 Å². The Morgan fingerprint density at radius 1 is 1.50 bits per heavy atom. The van der Waals surface area contributed by atoms with Crippen LogP contribution in [0.15, 0.2) is 16.3 Å². The highest BCUT2D eigenvalue weighted by Crippen LogP contribution is 2.21. The summed E-state index contributed by atoms with van der Waals surface area (Å²) in [5, 5.41) is 0. The summed E-state index contributed by atoms with van der Waals surface area (Å²) >= 11 is 3.01. The van der Waals surface area contributed by atoms with E-state index in [9.17, 15) is 8.42 Å². The lowest BCUT2D eigenvalue weighted by Crippen LogP contribution is -2.28. The second kappa shape index (κ2) is 7.49. The van der Waals surface area contributed by atoms with Gasteiger partial charge in [0.15, 0.2) is 0 Å². The summed E-state index contributed by atoms with van der Waals surface area (Å²) in [4.78, 5) is 1.01. The minimum atomic E-state index is -3.35. The molecule has 104 valence electrons. The molecule has 0 amide bonds. The van der Waals surface area contributed by atoms with Crippen molar-refractivity contribution in [3.05, 3.63) is 17.0 Å². The Morgan fingerprint density at radius 3 is 2.83 bits per heavy atom. The number of rotatable bonds is 8. The smallest absolute Gasteiger partial charge is 0.250 e. The molecule has 0 aromatic carbocycles. The van der Waals surface area contributed by atoms with Gasteiger partial charge in [0.05, 0.1) is 0 Å². The number of thioether (sulfide) groups is 1. The molecule has 1 rings (SSSR count). The molecule has 0 radical (unpaired) electrons. The number of thiophene rings is 1. The van der Waals surface area contributed by atoms with Crippen molar-refractivity contribution < 1.29 is 8.42 Å². The van der Waals surface area contributed by atoms with Crippen molar-refractivity contribution in [2.75, 3.05) is 25.1 Å². The van der Waals surface area contributed by atoms with E-state index >= 15 is 0 Å². The fourth-order valence-corrected chi connectivity index (χ4v) is 4.71. The molecule has 7 heteroatoms. The standard InChI is InChI=1S/C11H20N2O2S3/c1-9(8-16-2)7-13-18(14,15)11-4-3-10(17-11)5-6-12/h3-4,9,13H,5-8,12H2,1-2H3. The van der Waals surface area contributed by atoms with Crippen LogP contribution in [0.1, 0.15) is 11.8 Å². The van der Waals surface area contributed by atoms with Gasteiger partial charge in [0.1, 0.15) is 4.21 Å². The Kier molecular flexibility index (Phi) is 6.65. The van der Waals surface area contributed by atoms with E-state index in [1.54, 1.807) is 17.8 Å². The van der Waals surface area contributed by atoms with Gasteiger partial charge in [-0.1, -0.05) is 6.92 Å². The molecule has 0 aliphatic heterocycles. The average Bonchev–Trinajstić information content (AvgIpc) is 2.77. The van der Waals surface area contributed by atoms with Gasteiger partial charge in [-0.15, -0.1) is 11.3 Å². The van der Waals surface area contributed by atoms with Crippen LogP contribution in [-0.2, 0) is 16.4 Å². The highest BCUT2D eigenvalue weighted by Gasteiger charge is 2.17. The molecule has 0 saturated carbocycles. The van der Waals surface area contributed by atoms with E-state index < -0.39 is 10.0 Å². The second-order valence-electron chi connectivity index (χ2n) is 4.17. The van der Waals surface area contributed by atoms with Gasteiger partial charge in [0.25, 0.3) is 0 Å². The molecule has 0 aliphatic carbocycles. The Hall–Kier alpha value is -0.0800. The largest absolute Gasteiger partial charge is 0.330 e. The zero-order valence-corrected chi connectivity index (χ0v) is 13.1. The van der Waals surface area contributed by atoms with Crippen LogP contribution in [0.25, 0.3) is 0 Å². The minimum absolute atomic E-state index is 0.332. The van der Waals surface area contributed by atoms with Crippen molar-refractivity contribution in [3.8, 4) is 0 Å². The zero-order valence-electron chi connectivity index (χ0n) is 10.7. The quantitative estimate of drug-likeness (QED) is 0.764. The summed E-state index contributed by atoms with van der Waals surface area (Å²) in [5.41, 5.74) is 5.45. The summed E-state index contributed by atoms with van der Waals surface area (Å²) in [6.07, 6.45) is 2.74. The monoisotopic (exact) mass is 308 g/mol. The SMILES string of the molecule is CSCC(C)CNS(=O)(=O)c1ccc(CCN)s1. The number of hydrogen-bond acceptors (Lipinski definition) is 5. The van der Waals surface area contributed by atoms with Crippen LogP contribution in [0.3, 0.4) is 0 Å². The molecule has 1 unspecified atom stereocenters. The van der Waals surface area contributed by atoms with E-state index in [0.29, 0.717) is 23.2 Å². The van der Waals surface area contributed by atoms with Gasteiger partial charge in [-0.3, -0.25) is 0 Å². The molecule has 0 saturated heterocycles. The first-order valence-electron chi connectivity index (χ1n) is 5.77. The summed E-state index contributed by atoms with van der Waals surface area (Å²) in [6, 6.07) is 3.48. The van der Waals surface area contributed by atoms with Crippen molar-refractivity contribution >= 4 is 33.1 Å². The molecule has 4 nitrogen and oxygen atoms in total. The lowest BCUT2D eigenvalue weighted by atomic mass is 10.2. The van der Waals surface area contributed by atoms with Crippen molar-refractivity contribution in [2.24, 2.45) is 11.7 Å². The molecule has 1 atom stereocenters. The number of sulfonamides is 1. The third kappa shape index (κ3) is 4.89. The highest BCUT2D eigenvalue weighted by atomic mass is 32.2. The molecule has 18 heavy (non-hydrogen) atoms. The van der Waals surface area contributed by atoms with Crippen LogP contribution in [0.5, 0.6) is 0 Å². The summed E-state index contributed by atoms with van der Waals surface area (Å²) in [5.74, 6) is 1.28. The molecular formula is C11H20N2O2S3. The van der Waals surface area contributed by atoms with Crippen LogP contribution in [-0.4, -0.2) is 33.5 Å². The third-order valence-electron chi connectivity index (χ3n) is 2.37. The van der Waals surface area contributed by atoms with E-state index in [0.717, 1.165) is 17.1 Å². The highest BCUT2D eigenvalue weighted by molar-refractivity contribution is 7.98. The van der Waals surface area contributed by atoms with Crippen molar-refractivity contribution in [1.82, 2.24) is 4.72 Å². The fourth-order valence-electron chi connectivity index (χ4n) is 1.45. The number of hydrogen-bond donors (Lipinski definition) is 2. The summed E-state index contributed by atoms with van der Waals surface area (Å²) < 4.78 is 27.1. The van der Waals surface area contributed by atoms with Gasteiger partial charge in [0, 0.05) is 11.4 Å². The van der Waals surface area contributed by atoms with Crippen LogP contribution >= 0.6 is 23.1 Å². The zero-order chi connectivity index (χ0) is 13.6. The molecule has 0 spiro atoms. The maximum absolute atomic E-state index is 12.0. The van der Waals surface area contributed by atoms with Crippen molar-refractivity contribution in [1.29, 1.82) is 0 Å². The number of nitrogens with two attached hydrogens (primary N) is 1. The summed E-state index contributed by atoms with van der Waals surface area (Å²) in [6.45, 7) is 3.05. The van der Waals surface area contributed by atoms with E-state index in [-0.39, 0.29) is 0 Å². The van der Waals surface area contributed by atoms with Gasteiger partial charge in [-0.05, 0) is 43.0 Å². The van der Waals surface area contributed by atoms with Crippen LogP contribution in [0, 0.1) is 5.92 Å². The molecule has 1 aromatic rings. The number of nitrogens with one attached hydrogen (secondary N) is 1.